The minimum Gasteiger partial charge on any atom is -0.478 e. The van der Waals surface area contributed by atoms with Crippen LogP contribution in [0.2, 0.25) is 0 Å². The molecule has 0 spiro atoms. The number of nitrogens with two attached hydrogens (primary N) is 2. The maximum absolute atomic E-state index is 16.2. The van der Waals surface area contributed by atoms with Crippen molar-refractivity contribution in [2.75, 3.05) is 20.1 Å². The molecule has 13 nitrogen and oxygen atoms in total. The first-order valence-corrected chi connectivity index (χ1v) is 19.7. The summed E-state index contributed by atoms with van der Waals surface area (Å²) in [7, 11) is 1.54. The Kier molecular flexibility index (Phi) is 13.7. The third-order valence-electron chi connectivity index (χ3n) is 10.2. The van der Waals surface area contributed by atoms with Gasteiger partial charge in [-0.1, -0.05) is 54.2 Å². The molecular weight excluding hydrogens is 748 g/mol. The van der Waals surface area contributed by atoms with Crippen LogP contribution in [0.5, 0.6) is 0 Å². The van der Waals surface area contributed by atoms with Gasteiger partial charge in [0, 0.05) is 49.9 Å². The van der Waals surface area contributed by atoms with Gasteiger partial charge in [-0.25, -0.2) is 14.2 Å². The van der Waals surface area contributed by atoms with Crippen molar-refractivity contribution in [2.45, 2.75) is 73.2 Å². The van der Waals surface area contributed by atoms with Crippen molar-refractivity contribution in [1.82, 2.24) is 30.8 Å². The van der Waals surface area contributed by atoms with E-state index in [4.69, 9.17) is 11.5 Å². The van der Waals surface area contributed by atoms with E-state index in [1.54, 1.807) is 37.5 Å². The molecule has 6 rings (SSSR count). The van der Waals surface area contributed by atoms with Crippen LogP contribution < -0.4 is 27.4 Å². The number of hydrogen-bond donors (Lipinski definition) is 7. The van der Waals surface area contributed by atoms with Crippen molar-refractivity contribution in [3.05, 3.63) is 113 Å². The average molecular weight is 795 g/mol. The standard InChI is InChI=1S/C42H47FN8O5S/c1-51-36(21-28-23-47-33-9-3-2-8-30(28)33)39(53)49-24-31-29(25-12-14-26(15-13-25)42(55)56)16-17-32(43)37(31)57-40-27(7-6-20-46-40)22-48-34(10-4-18-44)38(52)50-35(41(51)54)11-5-19-45/h2-3,6-9,12-17,20,23,34-36,47-48H,4-5,10-11,18-19,21-22,24,44-45H2,1H3,(H,49,53)(H,50,52)(H,55,56)/t34-,35-,36-/m0/s1. The highest BCUT2D eigenvalue weighted by atomic mass is 32.2. The molecular formula is C42H47FN8O5S. The molecule has 0 fully saturated rings. The largest absolute Gasteiger partial charge is 0.478 e. The van der Waals surface area contributed by atoms with Gasteiger partial charge in [-0.15, -0.1) is 0 Å². The molecule has 2 aromatic heterocycles. The lowest BCUT2D eigenvalue weighted by Gasteiger charge is -2.32. The Hall–Kier alpha value is -5.61. The van der Waals surface area contributed by atoms with Gasteiger partial charge in [0.2, 0.25) is 17.7 Å². The Morgan fingerprint density at radius 2 is 1.67 bits per heavy atom. The monoisotopic (exact) mass is 794 g/mol. The zero-order chi connectivity index (χ0) is 40.5. The fraction of sp³-hybridized carbons (Fsp3) is 0.310. The van der Waals surface area contributed by atoms with E-state index in [1.165, 1.54) is 23.1 Å². The van der Waals surface area contributed by atoms with Gasteiger partial charge in [-0.3, -0.25) is 14.4 Å². The molecule has 5 aromatic rings. The molecule has 1 aliphatic heterocycles. The lowest BCUT2D eigenvalue weighted by atomic mass is 9.97. The molecule has 0 saturated heterocycles. The third-order valence-corrected chi connectivity index (χ3v) is 11.4. The van der Waals surface area contributed by atoms with Crippen molar-refractivity contribution in [3.8, 4) is 11.1 Å². The topological polar surface area (TPSA) is 209 Å². The number of para-hydroxylation sites is 1. The molecule has 0 radical (unpaired) electrons. The number of aromatic amines is 1. The second-order valence-electron chi connectivity index (χ2n) is 14.0. The van der Waals surface area contributed by atoms with Gasteiger partial charge < -0.3 is 42.4 Å². The van der Waals surface area contributed by atoms with Crippen molar-refractivity contribution in [3.63, 3.8) is 0 Å². The maximum atomic E-state index is 16.2. The number of amides is 3. The molecule has 0 aliphatic carbocycles. The lowest BCUT2D eigenvalue weighted by Crippen LogP contribution is -2.57. The van der Waals surface area contributed by atoms with E-state index in [-0.39, 0.29) is 42.9 Å². The summed E-state index contributed by atoms with van der Waals surface area (Å²) in [6, 6.07) is 17.6. The number of likely N-dealkylation sites (N-methyl/N-ethyl adjacent to an activating group) is 1. The predicted molar refractivity (Wildman–Crippen MR) is 217 cm³/mol. The molecule has 0 unspecified atom stereocenters. The summed E-state index contributed by atoms with van der Waals surface area (Å²) in [6.45, 7) is 0.684. The molecule has 3 amide bonds. The lowest BCUT2D eigenvalue weighted by molar-refractivity contribution is -0.142. The number of aromatic nitrogens is 2. The van der Waals surface area contributed by atoms with Crippen molar-refractivity contribution < 1.29 is 28.7 Å². The first-order chi connectivity index (χ1) is 27.6. The number of carboxylic acids is 1. The summed E-state index contributed by atoms with van der Waals surface area (Å²) in [6.07, 6.45) is 5.14. The van der Waals surface area contributed by atoms with Gasteiger partial charge in [-0.2, -0.15) is 0 Å². The molecule has 15 heteroatoms. The highest BCUT2D eigenvalue weighted by molar-refractivity contribution is 7.99. The Bertz CT molecular complexity index is 2230. The molecule has 0 saturated carbocycles. The van der Waals surface area contributed by atoms with E-state index in [1.807, 2.05) is 36.5 Å². The van der Waals surface area contributed by atoms with Gasteiger partial charge in [-0.05, 0) is 96.9 Å². The predicted octanol–water partition coefficient (Wildman–Crippen LogP) is 4.34. The van der Waals surface area contributed by atoms with Crippen LogP contribution in [-0.4, -0.2) is 81.9 Å². The first kappa shape index (κ1) is 41.0. The van der Waals surface area contributed by atoms with E-state index in [9.17, 15) is 24.3 Å². The number of fused-ring (bicyclic) bond motifs is 3. The van der Waals surface area contributed by atoms with Gasteiger partial charge >= 0.3 is 5.97 Å². The first-order valence-electron chi connectivity index (χ1n) is 18.9. The number of nitrogens with zero attached hydrogens (tertiary/aromatic N) is 2. The number of halogens is 1. The number of carboxylic acid groups (broad SMARTS) is 1. The molecule has 1 aliphatic rings. The summed E-state index contributed by atoms with van der Waals surface area (Å²) < 4.78 is 16.2. The highest BCUT2D eigenvalue weighted by Crippen LogP contribution is 2.39. The summed E-state index contributed by atoms with van der Waals surface area (Å²) in [5, 5.41) is 20.2. The van der Waals surface area contributed by atoms with E-state index in [2.05, 4.69) is 25.9 Å². The van der Waals surface area contributed by atoms with E-state index in [0.29, 0.717) is 53.1 Å². The number of pyridine rings is 1. The smallest absolute Gasteiger partial charge is 0.335 e. The highest BCUT2D eigenvalue weighted by Gasteiger charge is 2.34. The molecule has 57 heavy (non-hydrogen) atoms. The molecule has 298 valence electrons. The zero-order valence-electron chi connectivity index (χ0n) is 31.6. The van der Waals surface area contributed by atoms with Gasteiger partial charge in [0.1, 0.15) is 22.9 Å². The number of H-pyrrole nitrogens is 1. The molecule has 9 N–H and O–H groups in total. The summed E-state index contributed by atoms with van der Waals surface area (Å²) in [5.41, 5.74) is 15.8. The zero-order valence-corrected chi connectivity index (χ0v) is 32.4. The Labute approximate surface area is 334 Å². The van der Waals surface area contributed by atoms with Crippen molar-refractivity contribution in [2.24, 2.45) is 11.5 Å². The van der Waals surface area contributed by atoms with Crippen molar-refractivity contribution >= 4 is 46.4 Å². The molecule has 0 bridgehead atoms. The summed E-state index contributed by atoms with van der Waals surface area (Å²) in [4.78, 5) is 64.1. The van der Waals surface area contributed by atoms with E-state index in [0.717, 1.165) is 28.2 Å². The van der Waals surface area contributed by atoms with Gasteiger partial charge in [0.05, 0.1) is 16.5 Å². The minimum absolute atomic E-state index is 0.0867. The summed E-state index contributed by atoms with van der Waals surface area (Å²) >= 11 is 1.09. The van der Waals surface area contributed by atoms with Crippen LogP contribution in [0.15, 0.2) is 95.1 Å². The minimum atomic E-state index is -1.09. The van der Waals surface area contributed by atoms with Crippen molar-refractivity contribution in [1.29, 1.82) is 0 Å². The maximum Gasteiger partial charge on any atom is 0.335 e. The molecule has 3 atom stereocenters. The van der Waals surface area contributed by atoms with Crippen LogP contribution in [-0.2, 0) is 33.9 Å². The number of carbonyl (C=O) groups excluding carboxylic acids is 3. The van der Waals surface area contributed by atoms with Crippen LogP contribution in [0.3, 0.4) is 0 Å². The Morgan fingerprint density at radius 1 is 0.930 bits per heavy atom. The Balaban J connectivity index is 1.48. The molecule has 3 aromatic carbocycles. The number of carbonyl (C=O) groups is 4. The second kappa shape index (κ2) is 19.0. The number of rotatable bonds is 10. The van der Waals surface area contributed by atoms with Crippen LogP contribution in [0, 0.1) is 5.82 Å². The Morgan fingerprint density at radius 3 is 2.40 bits per heavy atom. The molecule has 3 heterocycles. The van der Waals surface area contributed by atoms with Crippen LogP contribution in [0.4, 0.5) is 4.39 Å². The fourth-order valence-corrected chi connectivity index (χ4v) is 8.08. The van der Waals surface area contributed by atoms with Crippen LogP contribution >= 0.6 is 11.8 Å². The van der Waals surface area contributed by atoms with E-state index >= 15 is 4.39 Å². The van der Waals surface area contributed by atoms with E-state index < -0.39 is 47.6 Å². The number of aromatic carboxylic acids is 1. The number of nitrogens with one attached hydrogen (secondary N) is 4. The van der Waals surface area contributed by atoms with Gasteiger partial charge in [0.15, 0.2) is 0 Å². The second-order valence-corrected chi connectivity index (χ2v) is 15.0. The quantitative estimate of drug-likeness (QED) is 0.106. The SMILES string of the molecule is CN1C(=O)[C@H](CCCN)NC(=O)[C@H](CCCN)NCc2cccnc2Sc2c(F)ccc(-c3ccc(C(=O)O)cc3)c2CNC(=O)[C@@H]1Cc1c[nH]c2ccccc12. The van der Waals surface area contributed by atoms with Gasteiger partial charge in [0.25, 0.3) is 0 Å². The van der Waals surface area contributed by atoms with Crippen LogP contribution in [0.1, 0.15) is 52.7 Å². The fourth-order valence-electron chi connectivity index (χ4n) is 7.03. The number of hydrogen-bond acceptors (Lipinski definition) is 9. The summed E-state index contributed by atoms with van der Waals surface area (Å²) in [5.74, 6) is -3.01. The van der Waals surface area contributed by atoms with Crippen LogP contribution in [0.25, 0.3) is 22.0 Å². The third kappa shape index (κ3) is 9.68. The average Bonchev–Trinajstić information content (AvgIpc) is 3.63. The number of benzene rings is 3. The normalized spacial score (nSPS) is 18.4.